The van der Waals surface area contributed by atoms with Gasteiger partial charge in [-0.25, -0.2) is 0 Å². The number of hydrogen-bond donors (Lipinski definition) is 1. The van der Waals surface area contributed by atoms with Crippen molar-refractivity contribution in [1.29, 1.82) is 0 Å². The first-order valence-corrected chi connectivity index (χ1v) is 6.03. The molecule has 2 heterocycles. The number of aromatic nitrogens is 1. The maximum absolute atomic E-state index is 4.48. The summed E-state index contributed by atoms with van der Waals surface area (Å²) in [4.78, 5) is 8.95. The Labute approximate surface area is 101 Å². The fourth-order valence-electron chi connectivity index (χ4n) is 2.11. The highest BCUT2D eigenvalue weighted by Gasteiger charge is 2.05. The second kappa shape index (κ2) is 4.53. The third-order valence-electron chi connectivity index (χ3n) is 2.99. The number of aliphatic imine (C=N–C) groups is 1. The smallest absolute Gasteiger partial charge is 0.101 e. The summed E-state index contributed by atoms with van der Waals surface area (Å²) < 4.78 is 0. The largest absolute Gasteiger partial charge is 0.373 e. The van der Waals surface area contributed by atoms with E-state index in [-0.39, 0.29) is 0 Å². The lowest BCUT2D eigenvalue weighted by molar-refractivity contribution is 0.731. The van der Waals surface area contributed by atoms with E-state index in [0.717, 1.165) is 37.3 Å². The summed E-state index contributed by atoms with van der Waals surface area (Å²) >= 11 is 0. The quantitative estimate of drug-likeness (QED) is 0.850. The van der Waals surface area contributed by atoms with Crippen LogP contribution in [0.1, 0.15) is 12.0 Å². The minimum absolute atomic E-state index is 0.859. The van der Waals surface area contributed by atoms with Crippen LogP contribution in [0.15, 0.2) is 41.5 Å². The molecule has 0 aliphatic carbocycles. The van der Waals surface area contributed by atoms with E-state index in [1.165, 1.54) is 10.9 Å². The second-order valence-corrected chi connectivity index (χ2v) is 4.32. The van der Waals surface area contributed by atoms with Crippen LogP contribution in [0.4, 0.5) is 0 Å². The minimum Gasteiger partial charge on any atom is -0.373 e. The van der Waals surface area contributed by atoms with E-state index in [1.54, 1.807) is 0 Å². The van der Waals surface area contributed by atoms with Crippen LogP contribution in [0.2, 0.25) is 0 Å². The average molecular weight is 225 g/mol. The van der Waals surface area contributed by atoms with Crippen molar-refractivity contribution in [3.63, 3.8) is 0 Å². The number of fused-ring (bicyclic) bond motifs is 1. The van der Waals surface area contributed by atoms with Gasteiger partial charge in [0.15, 0.2) is 0 Å². The number of para-hydroxylation sites is 1. The summed E-state index contributed by atoms with van der Waals surface area (Å²) in [5.74, 6) is 1.09. The molecule has 0 spiro atoms. The number of pyridine rings is 1. The molecule has 17 heavy (non-hydrogen) atoms. The van der Waals surface area contributed by atoms with Crippen molar-refractivity contribution in [1.82, 2.24) is 10.3 Å². The second-order valence-electron chi connectivity index (χ2n) is 4.32. The fourth-order valence-corrected chi connectivity index (χ4v) is 2.11. The van der Waals surface area contributed by atoms with Crippen molar-refractivity contribution < 1.29 is 0 Å². The van der Waals surface area contributed by atoms with Gasteiger partial charge in [0.1, 0.15) is 5.84 Å². The molecule has 3 heteroatoms. The first kappa shape index (κ1) is 10.3. The molecule has 0 bridgehead atoms. The molecule has 0 atom stereocenters. The highest BCUT2D eigenvalue weighted by atomic mass is 15.0. The summed E-state index contributed by atoms with van der Waals surface area (Å²) in [6.07, 6.45) is 3.94. The molecule has 1 aliphatic rings. The maximum Gasteiger partial charge on any atom is 0.101 e. The molecule has 0 saturated carbocycles. The molecule has 1 N–H and O–H groups in total. The standard InChI is InChI=1S/C14H15N3/c1-2-5-13-12(4-1)8-11(10-17-13)9-14-15-6-3-7-16-14/h1-2,4-5,8,10H,3,6-7,9H2,(H,15,16). The maximum atomic E-state index is 4.48. The molecule has 1 aliphatic heterocycles. The number of hydrogen-bond acceptors (Lipinski definition) is 3. The van der Waals surface area contributed by atoms with Gasteiger partial charge in [-0.3, -0.25) is 9.98 Å². The van der Waals surface area contributed by atoms with E-state index in [4.69, 9.17) is 0 Å². The number of rotatable bonds is 2. The Morgan fingerprint density at radius 2 is 2.18 bits per heavy atom. The predicted molar refractivity (Wildman–Crippen MR) is 70.4 cm³/mol. The molecule has 2 aromatic rings. The summed E-state index contributed by atoms with van der Waals surface area (Å²) in [5.41, 5.74) is 2.27. The van der Waals surface area contributed by atoms with E-state index in [2.05, 4.69) is 27.4 Å². The number of nitrogens with one attached hydrogen (secondary N) is 1. The lowest BCUT2D eigenvalue weighted by Crippen LogP contribution is -2.30. The van der Waals surface area contributed by atoms with Gasteiger partial charge in [-0.1, -0.05) is 18.2 Å². The van der Waals surface area contributed by atoms with Crippen LogP contribution in [0.5, 0.6) is 0 Å². The van der Waals surface area contributed by atoms with Crippen LogP contribution in [0.25, 0.3) is 10.9 Å². The molecular weight excluding hydrogens is 210 g/mol. The lowest BCUT2D eigenvalue weighted by Gasteiger charge is -2.14. The Morgan fingerprint density at radius 3 is 3.06 bits per heavy atom. The highest BCUT2D eigenvalue weighted by molar-refractivity contribution is 5.86. The van der Waals surface area contributed by atoms with Gasteiger partial charge in [0.05, 0.1) is 5.52 Å². The van der Waals surface area contributed by atoms with Gasteiger partial charge >= 0.3 is 0 Å². The third-order valence-corrected chi connectivity index (χ3v) is 2.99. The minimum atomic E-state index is 0.859. The summed E-state index contributed by atoms with van der Waals surface area (Å²) in [7, 11) is 0. The van der Waals surface area contributed by atoms with Crippen molar-refractivity contribution in [2.75, 3.05) is 13.1 Å². The lowest BCUT2D eigenvalue weighted by atomic mass is 10.1. The molecule has 3 rings (SSSR count). The number of amidine groups is 1. The molecule has 86 valence electrons. The first-order valence-electron chi connectivity index (χ1n) is 6.03. The van der Waals surface area contributed by atoms with Crippen molar-refractivity contribution in [2.24, 2.45) is 4.99 Å². The van der Waals surface area contributed by atoms with Crippen LogP contribution < -0.4 is 5.32 Å². The SMILES string of the molecule is c1ccc2ncc(CC3=NCCCN3)cc2c1. The van der Waals surface area contributed by atoms with Crippen molar-refractivity contribution in [3.8, 4) is 0 Å². The van der Waals surface area contributed by atoms with E-state index < -0.39 is 0 Å². The van der Waals surface area contributed by atoms with Crippen LogP contribution in [0.3, 0.4) is 0 Å². The molecule has 0 radical (unpaired) electrons. The summed E-state index contributed by atoms with van der Waals surface area (Å²) in [6, 6.07) is 10.4. The van der Waals surface area contributed by atoms with E-state index >= 15 is 0 Å². The van der Waals surface area contributed by atoms with Crippen LogP contribution in [-0.4, -0.2) is 23.9 Å². The molecular formula is C14H15N3. The van der Waals surface area contributed by atoms with Crippen molar-refractivity contribution >= 4 is 16.7 Å². The van der Waals surface area contributed by atoms with E-state index in [1.807, 2.05) is 24.4 Å². The molecule has 0 unspecified atom stereocenters. The monoisotopic (exact) mass is 225 g/mol. The Morgan fingerprint density at radius 1 is 1.24 bits per heavy atom. The van der Waals surface area contributed by atoms with Gasteiger partial charge in [-0.05, 0) is 24.1 Å². The molecule has 3 nitrogen and oxygen atoms in total. The Kier molecular flexibility index (Phi) is 2.74. The Bertz CT molecular complexity index is 560. The molecule has 0 amide bonds. The molecule has 0 saturated heterocycles. The average Bonchev–Trinajstić information content (AvgIpc) is 2.40. The van der Waals surface area contributed by atoms with Gasteiger partial charge in [0.25, 0.3) is 0 Å². The van der Waals surface area contributed by atoms with Gasteiger partial charge in [-0.2, -0.15) is 0 Å². The Hall–Kier alpha value is -1.90. The number of nitrogens with zero attached hydrogens (tertiary/aromatic N) is 2. The van der Waals surface area contributed by atoms with Gasteiger partial charge < -0.3 is 5.32 Å². The molecule has 0 fully saturated rings. The molecule has 1 aromatic heterocycles. The van der Waals surface area contributed by atoms with Crippen LogP contribution in [0, 0.1) is 0 Å². The zero-order valence-corrected chi connectivity index (χ0v) is 9.69. The van der Waals surface area contributed by atoms with Crippen molar-refractivity contribution in [3.05, 3.63) is 42.1 Å². The highest BCUT2D eigenvalue weighted by Crippen LogP contribution is 2.13. The predicted octanol–water partition coefficient (Wildman–Crippen LogP) is 2.17. The fraction of sp³-hybridized carbons (Fsp3) is 0.286. The normalized spacial score (nSPS) is 15.4. The number of benzene rings is 1. The summed E-state index contributed by atoms with van der Waals surface area (Å²) in [6.45, 7) is 1.99. The molecule has 1 aromatic carbocycles. The van der Waals surface area contributed by atoms with Crippen molar-refractivity contribution in [2.45, 2.75) is 12.8 Å². The van der Waals surface area contributed by atoms with Crippen LogP contribution in [-0.2, 0) is 6.42 Å². The zero-order chi connectivity index (χ0) is 11.5. The van der Waals surface area contributed by atoms with E-state index in [9.17, 15) is 0 Å². The zero-order valence-electron chi connectivity index (χ0n) is 9.69. The topological polar surface area (TPSA) is 37.3 Å². The van der Waals surface area contributed by atoms with Gasteiger partial charge in [0.2, 0.25) is 0 Å². The Balaban J connectivity index is 1.87. The summed E-state index contributed by atoms with van der Waals surface area (Å²) in [5, 5.41) is 4.53. The van der Waals surface area contributed by atoms with E-state index in [0.29, 0.717) is 0 Å². The third kappa shape index (κ3) is 2.28. The van der Waals surface area contributed by atoms with Gasteiger partial charge in [0, 0.05) is 31.1 Å². The van der Waals surface area contributed by atoms with Crippen LogP contribution >= 0.6 is 0 Å². The first-order chi connectivity index (χ1) is 8.42. The van der Waals surface area contributed by atoms with Gasteiger partial charge in [-0.15, -0.1) is 0 Å².